The Hall–Kier alpha value is -2.47. The van der Waals surface area contributed by atoms with Gasteiger partial charge in [-0.25, -0.2) is 9.50 Å². The summed E-state index contributed by atoms with van der Waals surface area (Å²) in [5.41, 5.74) is 0.949. The average molecular weight is 288 g/mol. The van der Waals surface area contributed by atoms with Crippen LogP contribution in [0.3, 0.4) is 0 Å². The minimum atomic E-state index is -0.342. The van der Waals surface area contributed by atoms with Gasteiger partial charge in [-0.3, -0.25) is 4.79 Å². The molecule has 7 heteroatoms. The van der Waals surface area contributed by atoms with E-state index >= 15 is 0 Å². The molecule has 6 nitrogen and oxygen atoms in total. The summed E-state index contributed by atoms with van der Waals surface area (Å²) in [5.74, 6) is 0.146. The normalized spacial score (nSPS) is 10.7. The van der Waals surface area contributed by atoms with E-state index in [0.29, 0.717) is 17.3 Å². The van der Waals surface area contributed by atoms with Crippen LogP contribution in [-0.4, -0.2) is 25.5 Å². The third-order valence-electron chi connectivity index (χ3n) is 2.69. The molecule has 3 aromatic rings. The van der Waals surface area contributed by atoms with Gasteiger partial charge in [0.2, 0.25) is 5.82 Å². The van der Waals surface area contributed by atoms with Crippen molar-refractivity contribution in [3.05, 3.63) is 59.1 Å². The van der Waals surface area contributed by atoms with Crippen molar-refractivity contribution < 1.29 is 4.79 Å². The third-order valence-corrected chi connectivity index (χ3v) is 2.94. The second kappa shape index (κ2) is 5.26. The zero-order valence-electron chi connectivity index (χ0n) is 10.3. The number of halogens is 1. The second-order valence-corrected chi connectivity index (χ2v) is 4.55. The molecule has 0 unspecified atom stereocenters. The fraction of sp³-hybridized carbons (Fsp3) is 0.0769. The molecule has 2 heterocycles. The van der Waals surface area contributed by atoms with Crippen LogP contribution in [-0.2, 0) is 6.54 Å². The maximum absolute atomic E-state index is 12.0. The first-order valence-electron chi connectivity index (χ1n) is 5.92. The highest BCUT2D eigenvalue weighted by atomic mass is 35.5. The maximum Gasteiger partial charge on any atom is 0.291 e. The van der Waals surface area contributed by atoms with Crippen LogP contribution >= 0.6 is 11.6 Å². The number of benzene rings is 1. The summed E-state index contributed by atoms with van der Waals surface area (Å²) in [6.07, 6.45) is 3.28. The fourth-order valence-electron chi connectivity index (χ4n) is 1.69. The van der Waals surface area contributed by atoms with E-state index < -0.39 is 0 Å². The topological polar surface area (TPSA) is 72.2 Å². The molecule has 0 bridgehead atoms. The van der Waals surface area contributed by atoms with Crippen molar-refractivity contribution in [1.29, 1.82) is 0 Å². The Labute approximate surface area is 119 Å². The largest absolute Gasteiger partial charge is 0.345 e. The zero-order valence-corrected chi connectivity index (χ0v) is 11.1. The van der Waals surface area contributed by atoms with Crippen LogP contribution in [0.2, 0.25) is 5.02 Å². The molecule has 2 aromatic heterocycles. The quantitative estimate of drug-likeness (QED) is 0.796. The van der Waals surface area contributed by atoms with E-state index in [2.05, 4.69) is 20.4 Å². The van der Waals surface area contributed by atoms with Crippen molar-refractivity contribution in [2.45, 2.75) is 6.54 Å². The Balaban J connectivity index is 1.71. The van der Waals surface area contributed by atoms with E-state index in [0.717, 1.165) is 5.56 Å². The van der Waals surface area contributed by atoms with Crippen molar-refractivity contribution in [3.8, 4) is 0 Å². The van der Waals surface area contributed by atoms with Crippen molar-refractivity contribution >= 4 is 23.3 Å². The van der Waals surface area contributed by atoms with Gasteiger partial charge in [-0.1, -0.05) is 23.7 Å². The van der Waals surface area contributed by atoms with Crippen LogP contribution in [0.25, 0.3) is 5.78 Å². The smallest absolute Gasteiger partial charge is 0.291 e. The number of hydrogen-bond acceptors (Lipinski definition) is 4. The van der Waals surface area contributed by atoms with E-state index in [4.69, 9.17) is 11.6 Å². The predicted octanol–water partition coefficient (Wildman–Crippen LogP) is 1.71. The summed E-state index contributed by atoms with van der Waals surface area (Å²) < 4.78 is 1.46. The Morgan fingerprint density at radius 1 is 1.30 bits per heavy atom. The molecule has 0 spiro atoms. The molecular formula is C13H10ClN5O. The van der Waals surface area contributed by atoms with Gasteiger partial charge in [0.1, 0.15) is 0 Å². The SMILES string of the molecule is O=C(NCc1ccc(Cl)cc1)c1nc2ncccn2n1. The van der Waals surface area contributed by atoms with Gasteiger partial charge >= 0.3 is 0 Å². The van der Waals surface area contributed by atoms with Crippen LogP contribution in [0.15, 0.2) is 42.7 Å². The van der Waals surface area contributed by atoms with E-state index in [-0.39, 0.29) is 11.7 Å². The van der Waals surface area contributed by atoms with Crippen molar-refractivity contribution in [2.24, 2.45) is 0 Å². The van der Waals surface area contributed by atoms with Crippen LogP contribution < -0.4 is 5.32 Å². The molecule has 1 aromatic carbocycles. The molecule has 0 fully saturated rings. The van der Waals surface area contributed by atoms with Gasteiger partial charge in [-0.05, 0) is 23.8 Å². The lowest BCUT2D eigenvalue weighted by Gasteiger charge is -2.02. The Kier molecular flexibility index (Phi) is 3.30. The summed E-state index contributed by atoms with van der Waals surface area (Å²) in [7, 11) is 0. The number of carbonyl (C=O) groups excluding carboxylic acids is 1. The number of carbonyl (C=O) groups is 1. The lowest BCUT2D eigenvalue weighted by atomic mass is 10.2. The first-order valence-corrected chi connectivity index (χ1v) is 6.30. The molecule has 0 aliphatic rings. The van der Waals surface area contributed by atoms with Gasteiger partial charge in [0.15, 0.2) is 0 Å². The first kappa shape index (κ1) is 12.6. The Morgan fingerprint density at radius 2 is 2.10 bits per heavy atom. The second-order valence-electron chi connectivity index (χ2n) is 4.11. The van der Waals surface area contributed by atoms with Gasteiger partial charge in [-0.2, -0.15) is 4.98 Å². The van der Waals surface area contributed by atoms with Gasteiger partial charge in [0.05, 0.1) is 0 Å². The average Bonchev–Trinajstić information content (AvgIpc) is 2.90. The van der Waals surface area contributed by atoms with E-state index in [9.17, 15) is 4.79 Å². The highest BCUT2D eigenvalue weighted by Crippen LogP contribution is 2.09. The summed E-state index contributed by atoms with van der Waals surface area (Å²) in [6.45, 7) is 0.388. The number of nitrogens with zero attached hydrogens (tertiary/aromatic N) is 4. The molecule has 0 saturated heterocycles. The van der Waals surface area contributed by atoms with Crippen LogP contribution in [0.5, 0.6) is 0 Å². The number of hydrogen-bond donors (Lipinski definition) is 1. The minimum Gasteiger partial charge on any atom is -0.345 e. The van der Waals surface area contributed by atoms with Crippen LogP contribution in [0.1, 0.15) is 16.2 Å². The summed E-state index contributed by atoms with van der Waals surface area (Å²) in [5, 5.41) is 7.46. The molecule has 0 atom stereocenters. The summed E-state index contributed by atoms with van der Waals surface area (Å²) >= 11 is 5.80. The van der Waals surface area contributed by atoms with E-state index in [1.807, 2.05) is 12.1 Å². The van der Waals surface area contributed by atoms with Crippen molar-refractivity contribution in [1.82, 2.24) is 24.9 Å². The maximum atomic E-state index is 12.0. The van der Waals surface area contributed by atoms with Gasteiger partial charge in [0.25, 0.3) is 11.7 Å². The standard InChI is InChI=1S/C13H10ClN5O/c14-10-4-2-9(3-5-10)8-16-12(20)11-17-13-15-6-1-7-19(13)18-11/h1-7H,8H2,(H,16,20). The third kappa shape index (κ3) is 2.60. The van der Waals surface area contributed by atoms with Crippen LogP contribution in [0, 0.1) is 0 Å². The lowest BCUT2D eigenvalue weighted by molar-refractivity contribution is 0.0940. The highest BCUT2D eigenvalue weighted by molar-refractivity contribution is 6.30. The molecule has 0 aliphatic heterocycles. The fourth-order valence-corrected chi connectivity index (χ4v) is 1.82. The molecular weight excluding hydrogens is 278 g/mol. The molecule has 1 N–H and O–H groups in total. The van der Waals surface area contributed by atoms with Gasteiger partial charge in [0, 0.05) is 24.0 Å². The number of amides is 1. The monoisotopic (exact) mass is 287 g/mol. The highest BCUT2D eigenvalue weighted by Gasteiger charge is 2.12. The number of nitrogens with one attached hydrogen (secondary N) is 1. The zero-order chi connectivity index (χ0) is 13.9. The predicted molar refractivity (Wildman–Crippen MR) is 73.4 cm³/mol. The van der Waals surface area contributed by atoms with Crippen LogP contribution in [0.4, 0.5) is 0 Å². The Morgan fingerprint density at radius 3 is 2.85 bits per heavy atom. The molecule has 0 radical (unpaired) electrons. The summed E-state index contributed by atoms with van der Waals surface area (Å²) in [6, 6.07) is 8.96. The molecule has 0 aliphatic carbocycles. The van der Waals surface area contributed by atoms with Gasteiger partial charge < -0.3 is 5.32 Å². The van der Waals surface area contributed by atoms with E-state index in [1.165, 1.54) is 4.52 Å². The van der Waals surface area contributed by atoms with E-state index in [1.54, 1.807) is 30.6 Å². The number of fused-ring (bicyclic) bond motifs is 1. The minimum absolute atomic E-state index is 0.0951. The molecule has 20 heavy (non-hydrogen) atoms. The van der Waals surface area contributed by atoms with Crippen molar-refractivity contribution in [3.63, 3.8) is 0 Å². The lowest BCUT2D eigenvalue weighted by Crippen LogP contribution is -2.24. The van der Waals surface area contributed by atoms with Gasteiger partial charge in [-0.15, -0.1) is 5.10 Å². The number of rotatable bonds is 3. The molecule has 1 amide bonds. The molecule has 3 rings (SSSR count). The Bertz CT molecular complexity index is 720. The first-order chi connectivity index (χ1) is 9.72. The molecule has 0 saturated carbocycles. The molecule has 100 valence electrons. The number of aromatic nitrogens is 4. The summed E-state index contributed by atoms with van der Waals surface area (Å²) in [4.78, 5) is 20.0. The van der Waals surface area contributed by atoms with Crippen molar-refractivity contribution in [2.75, 3.05) is 0 Å².